The maximum Gasteiger partial charge on any atom is 0.344 e. The van der Waals surface area contributed by atoms with Crippen LogP contribution in [-0.2, 0) is 4.74 Å². The number of benzene rings is 2. The second-order valence-electron chi connectivity index (χ2n) is 4.01. The van der Waals surface area contributed by atoms with Crippen molar-refractivity contribution in [1.29, 1.82) is 0 Å². The lowest BCUT2D eigenvalue weighted by molar-refractivity contribution is 0.0539. The first kappa shape index (κ1) is 13.9. The summed E-state index contributed by atoms with van der Waals surface area (Å²) in [5.74, 6) is -2.87. The highest BCUT2D eigenvalue weighted by atomic mass is 19.1. The van der Waals surface area contributed by atoms with E-state index in [0.717, 1.165) is 17.7 Å². The number of carbonyl (C=O) groups is 1. The minimum Gasteiger partial charge on any atom is -0.458 e. The molecule has 0 radical (unpaired) electrons. The summed E-state index contributed by atoms with van der Waals surface area (Å²) in [6.45, 7) is -0.0541. The molecule has 0 unspecified atom stereocenters. The summed E-state index contributed by atoms with van der Waals surface area (Å²) < 4.78 is 31.4. The Balaban J connectivity index is 1.95. The third-order valence-corrected chi connectivity index (χ3v) is 2.59. The minimum absolute atomic E-state index is 0.0541. The summed E-state index contributed by atoms with van der Waals surface area (Å²) in [7, 11) is 0. The first-order chi connectivity index (χ1) is 9.68. The van der Waals surface area contributed by atoms with Crippen LogP contribution in [0.4, 0.5) is 8.78 Å². The number of halogens is 2. The summed E-state index contributed by atoms with van der Waals surface area (Å²) in [6, 6.07) is 12.6. The van der Waals surface area contributed by atoms with Crippen LogP contribution < -0.4 is 0 Å². The van der Waals surface area contributed by atoms with Gasteiger partial charge in [0.05, 0.1) is 0 Å². The van der Waals surface area contributed by atoms with Crippen molar-refractivity contribution in [2.45, 2.75) is 0 Å². The van der Waals surface area contributed by atoms with Crippen LogP contribution in [0, 0.1) is 11.6 Å². The lowest BCUT2D eigenvalue weighted by atomic mass is 10.2. The molecule has 0 saturated heterocycles. The first-order valence-electron chi connectivity index (χ1n) is 6.01. The smallest absolute Gasteiger partial charge is 0.344 e. The second-order valence-corrected chi connectivity index (χ2v) is 4.01. The number of hydrogen-bond donors (Lipinski definition) is 0. The van der Waals surface area contributed by atoms with Crippen molar-refractivity contribution < 1.29 is 18.3 Å². The Morgan fingerprint density at radius 3 is 2.30 bits per heavy atom. The van der Waals surface area contributed by atoms with Crippen LogP contribution in [0.3, 0.4) is 0 Å². The summed E-state index contributed by atoms with van der Waals surface area (Å²) >= 11 is 0. The van der Waals surface area contributed by atoms with E-state index in [0.29, 0.717) is 0 Å². The van der Waals surface area contributed by atoms with Crippen LogP contribution in [0.5, 0.6) is 0 Å². The highest BCUT2D eigenvalue weighted by molar-refractivity contribution is 5.90. The molecule has 0 aromatic heterocycles. The van der Waals surface area contributed by atoms with Gasteiger partial charge in [-0.2, -0.15) is 0 Å². The summed E-state index contributed by atoms with van der Waals surface area (Å²) in [4.78, 5) is 11.6. The van der Waals surface area contributed by atoms with Gasteiger partial charge in [0.15, 0.2) is 0 Å². The molecule has 0 saturated carbocycles. The molecule has 2 nitrogen and oxygen atoms in total. The summed E-state index contributed by atoms with van der Waals surface area (Å²) in [5, 5.41) is 0. The van der Waals surface area contributed by atoms with E-state index in [2.05, 4.69) is 0 Å². The third kappa shape index (κ3) is 3.51. The highest BCUT2D eigenvalue weighted by Gasteiger charge is 2.17. The van der Waals surface area contributed by atoms with E-state index in [-0.39, 0.29) is 6.61 Å². The highest BCUT2D eigenvalue weighted by Crippen LogP contribution is 2.13. The van der Waals surface area contributed by atoms with E-state index >= 15 is 0 Å². The van der Waals surface area contributed by atoms with E-state index in [4.69, 9.17) is 4.74 Å². The standard InChI is InChI=1S/C16H12F2O2/c17-13-9-4-10-14(18)15(13)16(19)20-11-5-8-12-6-2-1-3-7-12/h1-10H,11H2/b8-5+. The second kappa shape index (κ2) is 6.61. The van der Waals surface area contributed by atoms with Crippen molar-refractivity contribution >= 4 is 12.0 Å². The fraction of sp³-hybridized carbons (Fsp3) is 0.0625. The van der Waals surface area contributed by atoms with Gasteiger partial charge >= 0.3 is 5.97 Å². The van der Waals surface area contributed by atoms with Gasteiger partial charge in [0.2, 0.25) is 0 Å². The zero-order valence-corrected chi connectivity index (χ0v) is 10.6. The molecule has 2 aromatic rings. The quantitative estimate of drug-likeness (QED) is 0.792. The van der Waals surface area contributed by atoms with Crippen LogP contribution in [0.2, 0.25) is 0 Å². The van der Waals surface area contributed by atoms with Gasteiger partial charge in [0.25, 0.3) is 0 Å². The Bertz CT molecular complexity index is 601. The van der Waals surface area contributed by atoms with Gasteiger partial charge in [-0.05, 0) is 23.8 Å². The number of carbonyl (C=O) groups excluding carboxylic acids is 1. The van der Waals surface area contributed by atoms with Gasteiger partial charge in [0, 0.05) is 0 Å². The fourth-order valence-corrected chi connectivity index (χ4v) is 1.64. The van der Waals surface area contributed by atoms with E-state index < -0.39 is 23.2 Å². The van der Waals surface area contributed by atoms with Crippen LogP contribution >= 0.6 is 0 Å². The predicted molar refractivity (Wildman–Crippen MR) is 72.1 cm³/mol. The Morgan fingerprint density at radius 1 is 1.00 bits per heavy atom. The molecule has 0 bridgehead atoms. The molecule has 2 rings (SSSR count). The van der Waals surface area contributed by atoms with Gasteiger partial charge in [-0.3, -0.25) is 0 Å². The zero-order chi connectivity index (χ0) is 14.4. The third-order valence-electron chi connectivity index (χ3n) is 2.59. The molecule has 0 heterocycles. The molecule has 0 fully saturated rings. The van der Waals surface area contributed by atoms with Crippen LogP contribution in [0.25, 0.3) is 6.08 Å². The summed E-state index contributed by atoms with van der Waals surface area (Å²) in [5.41, 5.74) is 0.279. The molecule has 20 heavy (non-hydrogen) atoms. The number of ether oxygens (including phenoxy) is 1. The number of esters is 1. The molecule has 0 atom stereocenters. The zero-order valence-electron chi connectivity index (χ0n) is 10.6. The molecule has 0 amide bonds. The normalized spacial score (nSPS) is 10.7. The Hall–Kier alpha value is -2.49. The van der Waals surface area contributed by atoms with Crippen molar-refractivity contribution in [3.63, 3.8) is 0 Å². The molecule has 0 spiro atoms. The fourth-order valence-electron chi connectivity index (χ4n) is 1.64. The SMILES string of the molecule is O=C(OC/C=C/c1ccccc1)c1c(F)cccc1F. The molecule has 0 N–H and O–H groups in total. The largest absolute Gasteiger partial charge is 0.458 e. The van der Waals surface area contributed by atoms with Crippen molar-refractivity contribution in [2.75, 3.05) is 6.61 Å². The maximum absolute atomic E-state index is 13.3. The molecule has 2 aromatic carbocycles. The van der Waals surface area contributed by atoms with Gasteiger partial charge < -0.3 is 4.74 Å². The Kier molecular flexibility index (Phi) is 4.60. The average molecular weight is 274 g/mol. The van der Waals surface area contributed by atoms with Gasteiger partial charge in [-0.25, -0.2) is 13.6 Å². The molecule has 4 heteroatoms. The molecular weight excluding hydrogens is 262 g/mol. The van der Waals surface area contributed by atoms with Crippen LogP contribution in [0.1, 0.15) is 15.9 Å². The van der Waals surface area contributed by atoms with E-state index in [9.17, 15) is 13.6 Å². The van der Waals surface area contributed by atoms with Gasteiger partial charge in [-0.1, -0.05) is 42.5 Å². The lowest BCUT2D eigenvalue weighted by Crippen LogP contribution is -2.10. The van der Waals surface area contributed by atoms with E-state index in [1.54, 1.807) is 12.2 Å². The lowest BCUT2D eigenvalue weighted by Gasteiger charge is -2.04. The molecular formula is C16H12F2O2. The minimum atomic E-state index is -1.02. The van der Waals surface area contributed by atoms with Crippen LogP contribution in [0.15, 0.2) is 54.6 Å². The molecule has 102 valence electrons. The monoisotopic (exact) mass is 274 g/mol. The predicted octanol–water partition coefficient (Wildman–Crippen LogP) is 3.84. The Morgan fingerprint density at radius 2 is 1.65 bits per heavy atom. The average Bonchev–Trinajstić information content (AvgIpc) is 2.44. The van der Waals surface area contributed by atoms with E-state index in [1.807, 2.05) is 30.3 Å². The topological polar surface area (TPSA) is 26.3 Å². The molecule has 0 aliphatic heterocycles. The number of hydrogen-bond acceptors (Lipinski definition) is 2. The van der Waals surface area contributed by atoms with Gasteiger partial charge in [0.1, 0.15) is 23.8 Å². The number of rotatable bonds is 4. The van der Waals surface area contributed by atoms with Gasteiger partial charge in [-0.15, -0.1) is 0 Å². The maximum atomic E-state index is 13.3. The van der Waals surface area contributed by atoms with Crippen molar-refractivity contribution in [3.05, 3.63) is 77.4 Å². The van der Waals surface area contributed by atoms with Crippen molar-refractivity contribution in [1.82, 2.24) is 0 Å². The van der Waals surface area contributed by atoms with Crippen LogP contribution in [-0.4, -0.2) is 12.6 Å². The molecule has 0 aliphatic rings. The summed E-state index contributed by atoms with van der Waals surface area (Å²) in [6.07, 6.45) is 3.36. The first-order valence-corrected chi connectivity index (χ1v) is 6.01. The van der Waals surface area contributed by atoms with E-state index in [1.165, 1.54) is 6.07 Å². The molecule has 0 aliphatic carbocycles. The van der Waals surface area contributed by atoms with Crippen molar-refractivity contribution in [3.8, 4) is 0 Å². The van der Waals surface area contributed by atoms with Crippen molar-refractivity contribution in [2.24, 2.45) is 0 Å². The Labute approximate surface area is 115 Å².